The number of carboxylic acid groups (broad SMARTS) is 1. The Hall–Kier alpha value is -2.47. The van der Waals surface area contributed by atoms with Gasteiger partial charge in [-0.05, 0) is 11.1 Å². The Morgan fingerprint density at radius 2 is 1.85 bits per heavy atom. The van der Waals surface area contributed by atoms with E-state index in [1.54, 1.807) is 0 Å². The van der Waals surface area contributed by atoms with Crippen molar-refractivity contribution < 1.29 is 14.6 Å². The molecule has 0 spiro atoms. The van der Waals surface area contributed by atoms with Gasteiger partial charge in [0, 0.05) is 18.8 Å². The van der Waals surface area contributed by atoms with Crippen LogP contribution in [0, 0.1) is 0 Å². The van der Waals surface area contributed by atoms with E-state index in [0.717, 1.165) is 5.56 Å². The summed E-state index contributed by atoms with van der Waals surface area (Å²) in [5, 5.41) is 8.72. The van der Waals surface area contributed by atoms with Crippen LogP contribution in [0.3, 0.4) is 0 Å². The minimum atomic E-state index is -1.05. The molecule has 0 radical (unpaired) electrons. The average molecular weight is 273 g/mol. The Bertz CT molecular complexity index is 558. The summed E-state index contributed by atoms with van der Waals surface area (Å²) >= 11 is 0. The third kappa shape index (κ3) is 4.03. The lowest BCUT2D eigenvalue weighted by Gasteiger charge is -2.07. The average Bonchev–Trinajstić information content (AvgIpc) is 2.47. The molecule has 0 fully saturated rings. The van der Waals surface area contributed by atoms with Gasteiger partial charge in [-0.25, -0.2) is 9.97 Å². The first kappa shape index (κ1) is 14.0. The smallest absolute Gasteiger partial charge is 0.320 e. The van der Waals surface area contributed by atoms with E-state index < -0.39 is 12.0 Å². The number of rotatable bonds is 6. The Morgan fingerprint density at radius 3 is 2.45 bits per heavy atom. The first-order valence-electron chi connectivity index (χ1n) is 6.11. The zero-order chi connectivity index (χ0) is 14.4. The molecule has 0 aliphatic rings. The molecule has 1 aromatic carbocycles. The summed E-state index contributed by atoms with van der Waals surface area (Å²) in [5.74, 6) is -1.05. The van der Waals surface area contributed by atoms with Crippen molar-refractivity contribution in [2.75, 3.05) is 0 Å². The molecule has 1 heterocycles. The Labute approximate surface area is 116 Å². The largest absolute Gasteiger partial charge is 0.480 e. The minimum absolute atomic E-state index is 0.189. The lowest BCUT2D eigenvalue weighted by molar-refractivity contribution is -0.138. The zero-order valence-corrected chi connectivity index (χ0v) is 10.8. The van der Waals surface area contributed by atoms with E-state index in [1.807, 2.05) is 30.3 Å². The highest BCUT2D eigenvalue weighted by Crippen LogP contribution is 2.07. The highest BCUT2D eigenvalue weighted by Gasteiger charge is 2.12. The molecular weight excluding hydrogens is 258 g/mol. The van der Waals surface area contributed by atoms with Gasteiger partial charge in [0.05, 0.1) is 0 Å². The van der Waals surface area contributed by atoms with Gasteiger partial charge in [-0.1, -0.05) is 30.3 Å². The second-order valence-corrected chi connectivity index (χ2v) is 4.30. The third-order valence-electron chi connectivity index (χ3n) is 2.67. The van der Waals surface area contributed by atoms with Crippen molar-refractivity contribution in [3.8, 4) is 6.01 Å². The number of carboxylic acids is 1. The van der Waals surface area contributed by atoms with E-state index in [1.165, 1.54) is 12.4 Å². The van der Waals surface area contributed by atoms with Crippen molar-refractivity contribution in [2.45, 2.75) is 19.1 Å². The van der Waals surface area contributed by atoms with Crippen LogP contribution in [-0.2, 0) is 17.8 Å². The Morgan fingerprint density at radius 1 is 1.20 bits per heavy atom. The van der Waals surface area contributed by atoms with Crippen molar-refractivity contribution in [1.29, 1.82) is 0 Å². The van der Waals surface area contributed by atoms with Gasteiger partial charge in [0.1, 0.15) is 12.6 Å². The number of hydrogen-bond acceptors (Lipinski definition) is 5. The summed E-state index contributed by atoms with van der Waals surface area (Å²) in [6.07, 6.45) is 3.24. The molecule has 6 heteroatoms. The second-order valence-electron chi connectivity index (χ2n) is 4.30. The molecule has 0 aliphatic heterocycles. The fourth-order valence-electron chi connectivity index (χ4n) is 1.59. The number of aliphatic carboxylic acids is 1. The molecule has 1 atom stereocenters. The first-order valence-corrected chi connectivity index (χ1v) is 6.11. The second kappa shape index (κ2) is 6.63. The van der Waals surface area contributed by atoms with Crippen molar-refractivity contribution >= 4 is 5.97 Å². The van der Waals surface area contributed by atoms with Crippen LogP contribution < -0.4 is 10.5 Å². The molecule has 1 aromatic heterocycles. The predicted molar refractivity (Wildman–Crippen MR) is 72.1 cm³/mol. The summed E-state index contributed by atoms with van der Waals surface area (Å²) in [6.45, 7) is 0.384. The molecule has 104 valence electrons. The standard InChI is InChI=1S/C14H15N3O3/c15-12(13(18)19)6-11-7-16-14(17-8-11)20-9-10-4-2-1-3-5-10/h1-5,7-8,12H,6,9,15H2,(H,18,19)/t12-/m0/s1. The number of nitrogens with two attached hydrogens (primary N) is 1. The SMILES string of the molecule is N[C@@H](Cc1cnc(OCc2ccccc2)nc1)C(=O)O. The fraction of sp³-hybridized carbons (Fsp3) is 0.214. The van der Waals surface area contributed by atoms with E-state index in [-0.39, 0.29) is 12.4 Å². The normalized spacial score (nSPS) is 11.8. The molecule has 2 aromatic rings. The molecule has 0 saturated heterocycles. The number of benzene rings is 1. The number of ether oxygens (including phenoxy) is 1. The molecule has 0 amide bonds. The maximum atomic E-state index is 10.6. The molecule has 2 rings (SSSR count). The number of hydrogen-bond donors (Lipinski definition) is 2. The quantitative estimate of drug-likeness (QED) is 0.815. The van der Waals surface area contributed by atoms with E-state index in [9.17, 15) is 4.79 Å². The third-order valence-corrected chi connectivity index (χ3v) is 2.67. The molecule has 20 heavy (non-hydrogen) atoms. The minimum Gasteiger partial charge on any atom is -0.480 e. The van der Waals surface area contributed by atoms with Gasteiger partial charge in [-0.15, -0.1) is 0 Å². The maximum Gasteiger partial charge on any atom is 0.320 e. The predicted octanol–water partition coefficient (Wildman–Crippen LogP) is 1.01. The van der Waals surface area contributed by atoms with Crippen LogP contribution in [0.5, 0.6) is 6.01 Å². The summed E-state index contributed by atoms with van der Waals surface area (Å²) in [4.78, 5) is 18.7. The molecule has 0 bridgehead atoms. The van der Waals surface area contributed by atoms with E-state index in [2.05, 4.69) is 9.97 Å². The van der Waals surface area contributed by atoms with Gasteiger partial charge in [-0.2, -0.15) is 0 Å². The molecule has 0 aliphatic carbocycles. The fourth-order valence-corrected chi connectivity index (χ4v) is 1.59. The first-order chi connectivity index (χ1) is 9.65. The lowest BCUT2D eigenvalue weighted by Crippen LogP contribution is -2.32. The van der Waals surface area contributed by atoms with Crippen LogP contribution in [-0.4, -0.2) is 27.1 Å². The maximum absolute atomic E-state index is 10.6. The van der Waals surface area contributed by atoms with E-state index in [0.29, 0.717) is 12.2 Å². The molecule has 0 unspecified atom stereocenters. The molecule has 0 saturated carbocycles. The summed E-state index contributed by atoms with van der Waals surface area (Å²) in [5.41, 5.74) is 7.12. The van der Waals surface area contributed by atoms with Crippen LogP contribution in [0.1, 0.15) is 11.1 Å². The van der Waals surface area contributed by atoms with Crippen LogP contribution >= 0.6 is 0 Å². The van der Waals surface area contributed by atoms with Gasteiger partial charge < -0.3 is 15.6 Å². The highest BCUT2D eigenvalue weighted by atomic mass is 16.5. The van der Waals surface area contributed by atoms with Gasteiger partial charge in [-0.3, -0.25) is 4.79 Å². The number of carbonyl (C=O) groups is 1. The van der Waals surface area contributed by atoms with Crippen LogP contribution in [0.2, 0.25) is 0 Å². The van der Waals surface area contributed by atoms with Crippen LogP contribution in [0.4, 0.5) is 0 Å². The number of nitrogens with zero attached hydrogens (tertiary/aromatic N) is 2. The van der Waals surface area contributed by atoms with Gasteiger partial charge in [0.2, 0.25) is 0 Å². The topological polar surface area (TPSA) is 98.3 Å². The molecule has 3 N–H and O–H groups in total. The van der Waals surface area contributed by atoms with Gasteiger partial charge in [0.15, 0.2) is 0 Å². The number of aromatic nitrogens is 2. The lowest BCUT2D eigenvalue weighted by atomic mass is 10.1. The molecular formula is C14H15N3O3. The summed E-state index contributed by atoms with van der Waals surface area (Å²) < 4.78 is 5.43. The van der Waals surface area contributed by atoms with Gasteiger partial charge in [0.25, 0.3) is 0 Å². The zero-order valence-electron chi connectivity index (χ0n) is 10.8. The van der Waals surface area contributed by atoms with Crippen LogP contribution in [0.15, 0.2) is 42.7 Å². The monoisotopic (exact) mass is 273 g/mol. The van der Waals surface area contributed by atoms with Crippen molar-refractivity contribution in [3.05, 3.63) is 53.9 Å². The van der Waals surface area contributed by atoms with Crippen molar-refractivity contribution in [1.82, 2.24) is 9.97 Å². The summed E-state index contributed by atoms with van der Waals surface area (Å²) in [6, 6.07) is 8.98. The van der Waals surface area contributed by atoms with Crippen LogP contribution in [0.25, 0.3) is 0 Å². The van der Waals surface area contributed by atoms with E-state index >= 15 is 0 Å². The highest BCUT2D eigenvalue weighted by molar-refractivity contribution is 5.73. The van der Waals surface area contributed by atoms with E-state index in [4.69, 9.17) is 15.6 Å². The summed E-state index contributed by atoms with van der Waals surface area (Å²) in [7, 11) is 0. The van der Waals surface area contributed by atoms with Gasteiger partial charge >= 0.3 is 12.0 Å². The molecule has 6 nitrogen and oxygen atoms in total. The van der Waals surface area contributed by atoms with Crippen molar-refractivity contribution in [3.63, 3.8) is 0 Å². The Balaban J connectivity index is 1.90. The Kier molecular flexibility index (Phi) is 4.62. The van der Waals surface area contributed by atoms with Crippen molar-refractivity contribution in [2.24, 2.45) is 5.73 Å².